The summed E-state index contributed by atoms with van der Waals surface area (Å²) in [4.78, 5) is 4.47. The summed E-state index contributed by atoms with van der Waals surface area (Å²) in [7, 11) is 0. The fourth-order valence-electron chi connectivity index (χ4n) is 2.29. The first-order valence-electron chi connectivity index (χ1n) is 6.32. The van der Waals surface area contributed by atoms with Gasteiger partial charge >= 0.3 is 0 Å². The molecule has 1 heterocycles. The molecular weight excluding hydrogens is 210 g/mol. The third-order valence-electron chi connectivity index (χ3n) is 3.31. The van der Waals surface area contributed by atoms with Crippen molar-refractivity contribution < 1.29 is 0 Å². The van der Waals surface area contributed by atoms with Crippen molar-refractivity contribution in [1.82, 2.24) is 5.32 Å². The van der Waals surface area contributed by atoms with E-state index < -0.39 is 0 Å². The highest BCUT2D eigenvalue weighted by molar-refractivity contribution is 5.82. The highest BCUT2D eigenvalue weighted by Gasteiger charge is 2.23. The molecule has 1 aliphatic rings. The van der Waals surface area contributed by atoms with Crippen LogP contribution in [0.4, 0.5) is 0 Å². The van der Waals surface area contributed by atoms with Crippen molar-refractivity contribution >= 4 is 5.84 Å². The first-order valence-corrected chi connectivity index (χ1v) is 6.32. The van der Waals surface area contributed by atoms with Crippen molar-refractivity contribution in [3.05, 3.63) is 35.9 Å². The van der Waals surface area contributed by atoms with Crippen molar-refractivity contribution in [1.29, 1.82) is 0 Å². The van der Waals surface area contributed by atoms with Gasteiger partial charge < -0.3 is 11.1 Å². The average Bonchev–Trinajstić information content (AvgIpc) is 2.65. The van der Waals surface area contributed by atoms with E-state index in [-0.39, 0.29) is 0 Å². The third-order valence-corrected chi connectivity index (χ3v) is 3.31. The standard InChI is InChI=1S/C14H21N3/c1-11-9-14(15)17-13(11)7-8-16-10-12-5-3-2-4-6-12/h2-6,11,13,16H,7-10H2,1H3,(H2,15,17)/t11-,13-/m0/s1. The second kappa shape index (κ2) is 5.82. The number of aliphatic imine (C=N–C) groups is 1. The van der Waals surface area contributed by atoms with Crippen LogP contribution >= 0.6 is 0 Å². The summed E-state index contributed by atoms with van der Waals surface area (Å²) in [5.74, 6) is 1.43. The van der Waals surface area contributed by atoms with Crippen LogP contribution < -0.4 is 11.1 Å². The summed E-state index contributed by atoms with van der Waals surface area (Å²) in [6, 6.07) is 10.9. The van der Waals surface area contributed by atoms with Crippen molar-refractivity contribution in [2.75, 3.05) is 6.54 Å². The molecule has 3 heteroatoms. The molecule has 1 aliphatic heterocycles. The summed E-state index contributed by atoms with van der Waals surface area (Å²) in [5.41, 5.74) is 7.07. The minimum absolute atomic E-state index is 0.415. The van der Waals surface area contributed by atoms with Gasteiger partial charge in [0.25, 0.3) is 0 Å². The van der Waals surface area contributed by atoms with E-state index in [1.54, 1.807) is 0 Å². The third kappa shape index (κ3) is 3.56. The Balaban J connectivity index is 1.67. The Hall–Kier alpha value is -1.35. The van der Waals surface area contributed by atoms with Crippen molar-refractivity contribution in [3.63, 3.8) is 0 Å². The molecule has 1 aromatic carbocycles. The number of amidine groups is 1. The topological polar surface area (TPSA) is 50.4 Å². The number of nitrogens with one attached hydrogen (secondary N) is 1. The molecule has 0 fully saturated rings. The summed E-state index contributed by atoms with van der Waals surface area (Å²) < 4.78 is 0. The average molecular weight is 231 g/mol. The normalized spacial score (nSPS) is 23.7. The predicted octanol–water partition coefficient (Wildman–Crippen LogP) is 1.93. The highest BCUT2D eigenvalue weighted by Crippen LogP contribution is 2.21. The molecule has 0 saturated carbocycles. The van der Waals surface area contributed by atoms with Gasteiger partial charge in [-0.15, -0.1) is 0 Å². The van der Waals surface area contributed by atoms with Gasteiger partial charge in [0.15, 0.2) is 0 Å². The highest BCUT2D eigenvalue weighted by atomic mass is 14.9. The zero-order valence-corrected chi connectivity index (χ0v) is 10.4. The fraction of sp³-hybridized carbons (Fsp3) is 0.500. The Morgan fingerprint density at radius 2 is 2.12 bits per heavy atom. The van der Waals surface area contributed by atoms with Crippen LogP contribution in [0, 0.1) is 5.92 Å². The van der Waals surface area contributed by atoms with E-state index >= 15 is 0 Å². The van der Waals surface area contributed by atoms with Crippen LogP contribution in [0.25, 0.3) is 0 Å². The number of hydrogen-bond donors (Lipinski definition) is 2. The van der Waals surface area contributed by atoms with Crippen molar-refractivity contribution in [2.45, 2.75) is 32.4 Å². The van der Waals surface area contributed by atoms with Gasteiger partial charge in [0.05, 0.1) is 11.9 Å². The first-order chi connectivity index (χ1) is 8.25. The number of hydrogen-bond acceptors (Lipinski definition) is 3. The SMILES string of the molecule is C[C@H]1CC(N)=N[C@H]1CCNCc1ccccc1. The fourth-order valence-corrected chi connectivity index (χ4v) is 2.29. The summed E-state index contributed by atoms with van der Waals surface area (Å²) in [5, 5.41) is 3.45. The number of nitrogens with zero attached hydrogens (tertiary/aromatic N) is 1. The smallest absolute Gasteiger partial charge is 0.0944 e. The molecule has 0 aromatic heterocycles. The molecule has 1 aromatic rings. The molecule has 3 nitrogen and oxygen atoms in total. The van der Waals surface area contributed by atoms with Crippen LogP contribution in [0.1, 0.15) is 25.3 Å². The zero-order valence-electron chi connectivity index (χ0n) is 10.4. The van der Waals surface area contributed by atoms with Crippen LogP contribution in [0.5, 0.6) is 0 Å². The lowest BCUT2D eigenvalue weighted by Gasteiger charge is -2.13. The van der Waals surface area contributed by atoms with Crippen LogP contribution in [-0.2, 0) is 6.54 Å². The molecule has 3 N–H and O–H groups in total. The predicted molar refractivity (Wildman–Crippen MR) is 72.0 cm³/mol. The quantitative estimate of drug-likeness (QED) is 0.761. The van der Waals surface area contributed by atoms with Crippen LogP contribution in [0.3, 0.4) is 0 Å². The summed E-state index contributed by atoms with van der Waals surface area (Å²) in [6.45, 7) is 4.16. The number of benzene rings is 1. The maximum atomic E-state index is 5.74. The van der Waals surface area contributed by atoms with E-state index in [9.17, 15) is 0 Å². The van der Waals surface area contributed by atoms with Gasteiger partial charge in [0.2, 0.25) is 0 Å². The minimum Gasteiger partial charge on any atom is -0.387 e. The summed E-state index contributed by atoms with van der Waals surface area (Å²) in [6.07, 6.45) is 2.04. The second-order valence-corrected chi connectivity index (χ2v) is 4.82. The molecule has 0 spiro atoms. The lowest BCUT2D eigenvalue weighted by Crippen LogP contribution is -2.21. The molecule has 0 radical (unpaired) electrons. The Morgan fingerprint density at radius 3 is 2.76 bits per heavy atom. The molecule has 2 atom stereocenters. The maximum Gasteiger partial charge on any atom is 0.0944 e. The van der Waals surface area contributed by atoms with Gasteiger partial charge in [-0.3, -0.25) is 4.99 Å². The monoisotopic (exact) mass is 231 g/mol. The van der Waals surface area contributed by atoms with Crippen LogP contribution in [0.2, 0.25) is 0 Å². The van der Waals surface area contributed by atoms with E-state index in [1.165, 1.54) is 5.56 Å². The van der Waals surface area contributed by atoms with E-state index in [0.29, 0.717) is 12.0 Å². The Morgan fingerprint density at radius 1 is 1.35 bits per heavy atom. The molecule has 17 heavy (non-hydrogen) atoms. The van der Waals surface area contributed by atoms with Gasteiger partial charge in [-0.05, 0) is 24.4 Å². The van der Waals surface area contributed by atoms with Gasteiger partial charge in [-0.2, -0.15) is 0 Å². The van der Waals surface area contributed by atoms with Gasteiger partial charge in [-0.1, -0.05) is 37.3 Å². The molecule has 0 unspecified atom stereocenters. The Bertz CT molecular complexity index is 372. The van der Waals surface area contributed by atoms with Gasteiger partial charge in [0, 0.05) is 13.0 Å². The van der Waals surface area contributed by atoms with E-state index in [4.69, 9.17) is 5.73 Å². The Kier molecular flexibility index (Phi) is 4.15. The van der Waals surface area contributed by atoms with Crippen molar-refractivity contribution in [2.24, 2.45) is 16.6 Å². The molecule has 2 rings (SSSR count). The molecular formula is C14H21N3. The minimum atomic E-state index is 0.415. The number of nitrogens with two attached hydrogens (primary N) is 1. The van der Waals surface area contributed by atoms with Gasteiger partial charge in [-0.25, -0.2) is 0 Å². The van der Waals surface area contributed by atoms with Crippen LogP contribution in [0.15, 0.2) is 35.3 Å². The molecule has 92 valence electrons. The van der Waals surface area contributed by atoms with E-state index in [0.717, 1.165) is 31.8 Å². The zero-order chi connectivity index (χ0) is 12.1. The second-order valence-electron chi connectivity index (χ2n) is 4.82. The van der Waals surface area contributed by atoms with Gasteiger partial charge in [0.1, 0.15) is 0 Å². The maximum absolute atomic E-state index is 5.74. The summed E-state index contributed by atoms with van der Waals surface area (Å²) >= 11 is 0. The molecule has 0 aliphatic carbocycles. The number of rotatable bonds is 5. The Labute approximate surface area is 103 Å². The van der Waals surface area contributed by atoms with E-state index in [2.05, 4.69) is 41.5 Å². The molecule has 0 bridgehead atoms. The largest absolute Gasteiger partial charge is 0.387 e. The molecule has 0 amide bonds. The van der Waals surface area contributed by atoms with E-state index in [1.807, 2.05) is 6.07 Å². The first kappa shape index (κ1) is 12.1. The van der Waals surface area contributed by atoms with Crippen LogP contribution in [-0.4, -0.2) is 18.4 Å². The lowest BCUT2D eigenvalue weighted by molar-refractivity contribution is 0.460. The lowest BCUT2D eigenvalue weighted by atomic mass is 9.99. The molecule has 0 saturated heterocycles. The van der Waals surface area contributed by atoms with Crippen molar-refractivity contribution in [3.8, 4) is 0 Å².